The van der Waals surface area contributed by atoms with Crippen LogP contribution in [0.4, 0.5) is 10.1 Å². The molecule has 1 aromatic heterocycles. The first-order chi connectivity index (χ1) is 15.7. The minimum Gasteiger partial charge on any atom is -0.317 e. The Morgan fingerprint density at radius 2 is 1.79 bits per heavy atom. The number of anilines is 1. The molecule has 0 spiro atoms. The van der Waals surface area contributed by atoms with Crippen LogP contribution in [0.15, 0.2) is 54.1 Å². The lowest BCUT2D eigenvalue weighted by Gasteiger charge is -2.29. The SMILES string of the molecule is CCc1cccc(C)c1-n1c(C)cc(/C=C2\C(=O)NC(=S)N(c3ccccc3F)C2=O)c1C. The lowest BCUT2D eigenvalue weighted by Crippen LogP contribution is -2.54. The molecule has 1 fully saturated rings. The third kappa shape index (κ3) is 3.89. The first-order valence-electron chi connectivity index (χ1n) is 10.7. The van der Waals surface area contributed by atoms with E-state index in [9.17, 15) is 14.0 Å². The Morgan fingerprint density at radius 1 is 1.06 bits per heavy atom. The largest absolute Gasteiger partial charge is 0.317 e. The minimum atomic E-state index is -0.663. The second kappa shape index (κ2) is 8.75. The number of halogens is 1. The predicted octanol–water partition coefficient (Wildman–Crippen LogP) is 4.94. The van der Waals surface area contributed by atoms with E-state index in [0.717, 1.165) is 39.5 Å². The van der Waals surface area contributed by atoms with Crippen LogP contribution < -0.4 is 10.2 Å². The number of hydrogen-bond donors (Lipinski definition) is 1. The number of nitrogens with one attached hydrogen (secondary N) is 1. The number of amides is 2. The zero-order chi connectivity index (χ0) is 23.9. The predicted molar refractivity (Wildman–Crippen MR) is 132 cm³/mol. The van der Waals surface area contributed by atoms with E-state index < -0.39 is 17.6 Å². The molecule has 1 saturated heterocycles. The molecule has 1 aliphatic rings. The number of thiocarbonyl (C=S) groups is 1. The minimum absolute atomic E-state index is 0.00336. The van der Waals surface area contributed by atoms with Crippen molar-refractivity contribution in [3.63, 3.8) is 0 Å². The molecule has 168 valence electrons. The summed E-state index contributed by atoms with van der Waals surface area (Å²) in [5.74, 6) is -1.87. The summed E-state index contributed by atoms with van der Waals surface area (Å²) in [6.07, 6.45) is 2.43. The maximum Gasteiger partial charge on any atom is 0.270 e. The third-order valence-electron chi connectivity index (χ3n) is 5.89. The number of nitrogens with zero attached hydrogens (tertiary/aromatic N) is 2. The summed E-state index contributed by atoms with van der Waals surface area (Å²) in [6, 6.07) is 14.0. The Morgan fingerprint density at radius 3 is 2.48 bits per heavy atom. The van der Waals surface area contributed by atoms with Crippen LogP contribution in [-0.2, 0) is 16.0 Å². The lowest BCUT2D eigenvalue weighted by molar-refractivity contribution is -0.122. The maximum atomic E-state index is 14.4. The van der Waals surface area contributed by atoms with E-state index in [2.05, 4.69) is 35.9 Å². The van der Waals surface area contributed by atoms with Gasteiger partial charge in [-0.05, 0) is 80.4 Å². The van der Waals surface area contributed by atoms with Gasteiger partial charge in [-0.25, -0.2) is 9.29 Å². The zero-order valence-corrected chi connectivity index (χ0v) is 19.7. The first-order valence-corrected chi connectivity index (χ1v) is 11.1. The van der Waals surface area contributed by atoms with Gasteiger partial charge < -0.3 is 4.57 Å². The summed E-state index contributed by atoms with van der Waals surface area (Å²) in [5, 5.41) is 2.36. The third-order valence-corrected chi connectivity index (χ3v) is 6.18. The standard InChI is InChI=1S/C26H24FN3O2S/c1-5-18-10-8-9-15(2)23(18)29-16(3)13-19(17(29)4)14-20-24(31)28-26(33)30(25(20)32)22-12-7-6-11-21(22)27/h6-14H,5H2,1-4H3,(H,28,31,33)/b20-14+. The van der Waals surface area contributed by atoms with Gasteiger partial charge in [-0.3, -0.25) is 14.9 Å². The van der Waals surface area contributed by atoms with Crippen LogP contribution in [0.25, 0.3) is 11.8 Å². The fraction of sp³-hybridized carbons (Fsp3) is 0.192. The molecule has 4 rings (SSSR count). The molecule has 2 aromatic carbocycles. The van der Waals surface area contributed by atoms with Crippen molar-refractivity contribution in [2.45, 2.75) is 34.1 Å². The van der Waals surface area contributed by atoms with Crippen LogP contribution in [0.2, 0.25) is 0 Å². The maximum absolute atomic E-state index is 14.4. The van der Waals surface area contributed by atoms with Crippen LogP contribution in [0.1, 0.15) is 35.0 Å². The molecular weight excluding hydrogens is 437 g/mol. The molecule has 0 aliphatic carbocycles. The topological polar surface area (TPSA) is 54.3 Å². The highest BCUT2D eigenvalue weighted by atomic mass is 32.1. The van der Waals surface area contributed by atoms with Gasteiger partial charge in [0, 0.05) is 11.4 Å². The van der Waals surface area contributed by atoms with Crippen molar-refractivity contribution >= 4 is 40.9 Å². The molecular formula is C26H24FN3O2S. The number of hydrogen-bond acceptors (Lipinski definition) is 3. The Balaban J connectivity index is 1.82. The van der Waals surface area contributed by atoms with Gasteiger partial charge in [0.05, 0.1) is 11.4 Å². The van der Waals surface area contributed by atoms with Gasteiger partial charge in [-0.1, -0.05) is 37.3 Å². The molecule has 7 heteroatoms. The summed E-state index contributed by atoms with van der Waals surface area (Å²) < 4.78 is 16.5. The zero-order valence-electron chi connectivity index (χ0n) is 18.9. The molecule has 0 unspecified atom stereocenters. The smallest absolute Gasteiger partial charge is 0.270 e. The van der Waals surface area contributed by atoms with Crippen LogP contribution in [0.5, 0.6) is 0 Å². The van der Waals surface area contributed by atoms with Crippen LogP contribution in [0, 0.1) is 26.6 Å². The normalized spacial score (nSPS) is 15.4. The number of aryl methyl sites for hydroxylation is 3. The Bertz CT molecular complexity index is 1340. The van der Waals surface area contributed by atoms with E-state index in [1.165, 1.54) is 23.8 Å². The van der Waals surface area contributed by atoms with Gasteiger partial charge in [0.1, 0.15) is 11.4 Å². The van der Waals surface area contributed by atoms with E-state index in [4.69, 9.17) is 12.2 Å². The van der Waals surface area contributed by atoms with Gasteiger partial charge in [-0.2, -0.15) is 0 Å². The molecule has 0 bridgehead atoms. The van der Waals surface area contributed by atoms with E-state index in [1.807, 2.05) is 26.0 Å². The highest BCUT2D eigenvalue weighted by Gasteiger charge is 2.36. The number of aromatic nitrogens is 1. The Labute approximate surface area is 197 Å². The molecule has 2 heterocycles. The second-order valence-corrected chi connectivity index (χ2v) is 8.39. The van der Waals surface area contributed by atoms with Crippen molar-refractivity contribution in [3.05, 3.63) is 88.0 Å². The fourth-order valence-corrected chi connectivity index (χ4v) is 4.54. The van der Waals surface area contributed by atoms with Crippen LogP contribution in [0.3, 0.4) is 0 Å². The van der Waals surface area contributed by atoms with E-state index >= 15 is 0 Å². The van der Waals surface area contributed by atoms with E-state index in [0.29, 0.717) is 0 Å². The lowest BCUT2D eigenvalue weighted by atomic mass is 10.0. The summed E-state index contributed by atoms with van der Waals surface area (Å²) in [5.41, 5.74) is 5.95. The van der Waals surface area contributed by atoms with Gasteiger partial charge in [0.2, 0.25) is 0 Å². The van der Waals surface area contributed by atoms with Crippen molar-refractivity contribution in [1.29, 1.82) is 0 Å². The number of carbonyl (C=O) groups excluding carboxylic acids is 2. The first kappa shape index (κ1) is 22.6. The summed E-state index contributed by atoms with van der Waals surface area (Å²) in [6.45, 7) is 8.12. The van der Waals surface area contributed by atoms with Gasteiger partial charge in [0.15, 0.2) is 5.11 Å². The molecule has 0 atom stereocenters. The molecule has 3 aromatic rings. The molecule has 33 heavy (non-hydrogen) atoms. The molecule has 2 amide bonds. The van der Waals surface area contributed by atoms with Gasteiger partial charge in [0.25, 0.3) is 11.8 Å². The Hall–Kier alpha value is -3.58. The number of rotatable bonds is 4. The van der Waals surface area contributed by atoms with E-state index in [-0.39, 0.29) is 16.4 Å². The molecule has 0 radical (unpaired) electrons. The number of benzene rings is 2. The Kier molecular flexibility index (Phi) is 5.99. The quantitative estimate of drug-likeness (QED) is 0.340. The second-order valence-electron chi connectivity index (χ2n) is 8.01. The monoisotopic (exact) mass is 461 g/mol. The van der Waals surface area contributed by atoms with Gasteiger partial charge in [-0.15, -0.1) is 0 Å². The average molecular weight is 462 g/mol. The van der Waals surface area contributed by atoms with Crippen molar-refractivity contribution in [2.24, 2.45) is 0 Å². The van der Waals surface area contributed by atoms with Crippen molar-refractivity contribution in [3.8, 4) is 5.69 Å². The van der Waals surface area contributed by atoms with E-state index in [1.54, 1.807) is 12.1 Å². The molecule has 0 saturated carbocycles. The summed E-state index contributed by atoms with van der Waals surface area (Å²) >= 11 is 5.17. The fourth-order valence-electron chi connectivity index (χ4n) is 4.27. The highest BCUT2D eigenvalue weighted by molar-refractivity contribution is 7.80. The highest BCUT2D eigenvalue weighted by Crippen LogP contribution is 2.29. The van der Waals surface area contributed by atoms with Crippen molar-refractivity contribution < 1.29 is 14.0 Å². The molecule has 5 nitrogen and oxygen atoms in total. The van der Waals surface area contributed by atoms with Crippen molar-refractivity contribution in [2.75, 3.05) is 4.90 Å². The van der Waals surface area contributed by atoms with Crippen molar-refractivity contribution in [1.82, 2.24) is 9.88 Å². The molecule has 1 aliphatic heterocycles. The van der Waals surface area contributed by atoms with Crippen LogP contribution in [-0.4, -0.2) is 21.5 Å². The summed E-state index contributed by atoms with van der Waals surface area (Å²) in [7, 11) is 0. The van der Waals surface area contributed by atoms with Gasteiger partial charge >= 0.3 is 0 Å². The number of carbonyl (C=O) groups is 2. The number of para-hydroxylation sites is 2. The molecule has 1 N–H and O–H groups in total. The average Bonchev–Trinajstić information content (AvgIpc) is 3.05. The van der Waals surface area contributed by atoms with Crippen LogP contribution >= 0.6 is 12.2 Å². The summed E-state index contributed by atoms with van der Waals surface area (Å²) in [4.78, 5) is 27.0.